The van der Waals surface area contributed by atoms with Gasteiger partial charge in [0.05, 0.1) is 12.2 Å². The van der Waals surface area contributed by atoms with Crippen LogP contribution in [0.4, 0.5) is 5.00 Å². The Balaban J connectivity index is 2.90. The number of anilines is 1. The molecule has 1 amide bonds. The molecule has 0 saturated carbocycles. The van der Waals surface area contributed by atoms with E-state index in [-0.39, 0.29) is 17.8 Å². The van der Waals surface area contributed by atoms with Crippen molar-refractivity contribution < 1.29 is 14.3 Å². The summed E-state index contributed by atoms with van der Waals surface area (Å²) < 4.78 is 5.06. The maximum Gasteiger partial charge on any atom is 0.341 e. The fraction of sp³-hybridized carbons (Fsp3) is 0.600. The summed E-state index contributed by atoms with van der Waals surface area (Å²) in [6.45, 7) is 8.35. The van der Waals surface area contributed by atoms with Gasteiger partial charge in [-0.15, -0.1) is 11.3 Å². The van der Waals surface area contributed by atoms with Gasteiger partial charge < -0.3 is 15.8 Å². The minimum Gasteiger partial charge on any atom is -0.462 e. The predicted octanol–water partition coefficient (Wildman–Crippen LogP) is 2.86. The zero-order chi connectivity index (χ0) is 16.0. The fourth-order valence-electron chi connectivity index (χ4n) is 2.00. The van der Waals surface area contributed by atoms with Crippen LogP contribution in [-0.4, -0.2) is 25.0 Å². The average Bonchev–Trinajstić information content (AvgIpc) is 2.71. The van der Waals surface area contributed by atoms with E-state index in [1.54, 1.807) is 6.92 Å². The van der Waals surface area contributed by atoms with Gasteiger partial charge in [0.25, 0.3) is 0 Å². The number of thiophene rings is 1. The van der Waals surface area contributed by atoms with Crippen molar-refractivity contribution in [2.24, 2.45) is 11.7 Å². The standard InChI is InChI=1S/C15H24N2O3S/c1-5-11(8-16)7-12(18)17-14-13(15(19)20-6-2)9(3)10(4)21-14/h11H,5-8,16H2,1-4H3,(H,17,18). The zero-order valence-electron chi connectivity index (χ0n) is 13.1. The second-order valence-corrected chi connectivity index (χ2v) is 6.19. The molecule has 0 bridgehead atoms. The highest BCUT2D eigenvalue weighted by atomic mass is 32.1. The highest BCUT2D eigenvalue weighted by molar-refractivity contribution is 7.16. The van der Waals surface area contributed by atoms with Gasteiger partial charge in [-0.05, 0) is 38.8 Å². The van der Waals surface area contributed by atoms with E-state index in [0.29, 0.717) is 30.1 Å². The van der Waals surface area contributed by atoms with E-state index < -0.39 is 0 Å². The highest BCUT2D eigenvalue weighted by Gasteiger charge is 2.22. The first-order chi connectivity index (χ1) is 9.94. The minimum atomic E-state index is -0.388. The van der Waals surface area contributed by atoms with Crippen LogP contribution in [0.15, 0.2) is 0 Å². The highest BCUT2D eigenvalue weighted by Crippen LogP contribution is 2.33. The van der Waals surface area contributed by atoms with Crippen molar-refractivity contribution in [2.45, 2.75) is 40.5 Å². The molecule has 1 rings (SSSR count). The number of esters is 1. The molecular formula is C15H24N2O3S. The molecule has 0 aliphatic heterocycles. The Morgan fingerprint density at radius 3 is 2.52 bits per heavy atom. The number of nitrogens with two attached hydrogens (primary N) is 1. The van der Waals surface area contributed by atoms with Crippen molar-refractivity contribution in [2.75, 3.05) is 18.5 Å². The first-order valence-electron chi connectivity index (χ1n) is 7.21. The molecule has 21 heavy (non-hydrogen) atoms. The molecule has 0 saturated heterocycles. The van der Waals surface area contributed by atoms with E-state index in [2.05, 4.69) is 5.32 Å². The molecule has 0 fully saturated rings. The third kappa shape index (κ3) is 4.54. The molecule has 118 valence electrons. The molecule has 0 aliphatic rings. The third-order valence-corrected chi connectivity index (χ3v) is 4.63. The smallest absolute Gasteiger partial charge is 0.341 e. The van der Waals surface area contributed by atoms with Crippen LogP contribution in [0.3, 0.4) is 0 Å². The van der Waals surface area contributed by atoms with Crippen LogP contribution in [-0.2, 0) is 9.53 Å². The molecule has 0 aliphatic carbocycles. The number of nitrogens with one attached hydrogen (secondary N) is 1. The van der Waals surface area contributed by atoms with Crippen molar-refractivity contribution in [1.29, 1.82) is 0 Å². The van der Waals surface area contributed by atoms with Crippen LogP contribution in [0, 0.1) is 19.8 Å². The maximum absolute atomic E-state index is 12.1. The second-order valence-electron chi connectivity index (χ2n) is 4.97. The molecule has 6 heteroatoms. The van der Waals surface area contributed by atoms with E-state index in [0.717, 1.165) is 16.9 Å². The van der Waals surface area contributed by atoms with Gasteiger partial charge in [-0.25, -0.2) is 4.79 Å². The van der Waals surface area contributed by atoms with Crippen LogP contribution in [0.2, 0.25) is 0 Å². The van der Waals surface area contributed by atoms with E-state index >= 15 is 0 Å². The Morgan fingerprint density at radius 1 is 1.33 bits per heavy atom. The molecular weight excluding hydrogens is 288 g/mol. The number of aryl methyl sites for hydroxylation is 1. The van der Waals surface area contributed by atoms with Crippen LogP contribution < -0.4 is 11.1 Å². The first kappa shape index (κ1) is 17.7. The van der Waals surface area contributed by atoms with Gasteiger partial charge in [-0.3, -0.25) is 4.79 Å². The largest absolute Gasteiger partial charge is 0.462 e. The molecule has 1 unspecified atom stereocenters. The van der Waals surface area contributed by atoms with Gasteiger partial charge in [0, 0.05) is 11.3 Å². The second kappa shape index (κ2) is 8.14. The summed E-state index contributed by atoms with van der Waals surface area (Å²) >= 11 is 1.40. The summed E-state index contributed by atoms with van der Waals surface area (Å²) in [4.78, 5) is 25.1. The van der Waals surface area contributed by atoms with Crippen molar-refractivity contribution in [1.82, 2.24) is 0 Å². The zero-order valence-corrected chi connectivity index (χ0v) is 13.9. The normalized spacial score (nSPS) is 12.0. The summed E-state index contributed by atoms with van der Waals surface area (Å²) in [5.41, 5.74) is 6.95. The molecule has 1 aromatic heterocycles. The SMILES string of the molecule is CCOC(=O)c1c(NC(=O)CC(CC)CN)sc(C)c1C. The Labute approximate surface area is 129 Å². The van der Waals surface area contributed by atoms with E-state index in [1.165, 1.54) is 11.3 Å². The van der Waals surface area contributed by atoms with Crippen molar-refractivity contribution in [3.8, 4) is 0 Å². The lowest BCUT2D eigenvalue weighted by Crippen LogP contribution is -2.22. The van der Waals surface area contributed by atoms with Gasteiger partial charge in [0.2, 0.25) is 5.91 Å². The molecule has 1 aromatic rings. The van der Waals surface area contributed by atoms with E-state index in [9.17, 15) is 9.59 Å². The Morgan fingerprint density at radius 2 is 2.00 bits per heavy atom. The van der Waals surface area contributed by atoms with Gasteiger partial charge in [-0.2, -0.15) is 0 Å². The molecule has 1 atom stereocenters. The van der Waals surface area contributed by atoms with Crippen molar-refractivity contribution in [3.05, 3.63) is 16.0 Å². The number of hydrogen-bond acceptors (Lipinski definition) is 5. The summed E-state index contributed by atoms with van der Waals surface area (Å²) in [5.74, 6) is -0.335. The predicted molar refractivity (Wildman–Crippen MR) is 85.8 cm³/mol. The van der Waals surface area contributed by atoms with E-state index in [4.69, 9.17) is 10.5 Å². The summed E-state index contributed by atoms with van der Waals surface area (Å²) in [7, 11) is 0. The first-order valence-corrected chi connectivity index (χ1v) is 8.03. The Bertz CT molecular complexity index is 507. The van der Waals surface area contributed by atoms with Crippen molar-refractivity contribution >= 4 is 28.2 Å². The van der Waals surface area contributed by atoms with Gasteiger partial charge in [-0.1, -0.05) is 13.3 Å². The molecule has 3 N–H and O–H groups in total. The number of rotatable bonds is 7. The lowest BCUT2D eigenvalue weighted by molar-refractivity contribution is -0.117. The maximum atomic E-state index is 12.1. The summed E-state index contributed by atoms with van der Waals surface area (Å²) in [6.07, 6.45) is 1.22. The Kier molecular flexibility index (Phi) is 6.84. The average molecular weight is 312 g/mol. The number of carbonyl (C=O) groups excluding carboxylic acids is 2. The van der Waals surface area contributed by atoms with Gasteiger partial charge in [0.15, 0.2) is 0 Å². The topological polar surface area (TPSA) is 81.4 Å². The molecule has 1 heterocycles. The molecule has 0 aromatic carbocycles. The minimum absolute atomic E-state index is 0.112. The van der Waals surface area contributed by atoms with Crippen LogP contribution in [0.5, 0.6) is 0 Å². The van der Waals surface area contributed by atoms with Crippen molar-refractivity contribution in [3.63, 3.8) is 0 Å². The molecule has 0 radical (unpaired) electrons. The van der Waals surface area contributed by atoms with E-state index in [1.807, 2.05) is 20.8 Å². The number of hydrogen-bond donors (Lipinski definition) is 2. The number of amides is 1. The van der Waals surface area contributed by atoms with Crippen LogP contribution in [0.1, 0.15) is 47.5 Å². The van der Waals surface area contributed by atoms with Crippen LogP contribution >= 0.6 is 11.3 Å². The number of ether oxygens (including phenoxy) is 1. The quantitative estimate of drug-likeness (QED) is 0.759. The lowest BCUT2D eigenvalue weighted by atomic mass is 10.0. The fourth-order valence-corrected chi connectivity index (χ4v) is 3.06. The van der Waals surface area contributed by atoms with Crippen LogP contribution in [0.25, 0.3) is 0 Å². The third-order valence-electron chi connectivity index (χ3n) is 3.50. The monoisotopic (exact) mass is 312 g/mol. The molecule has 5 nitrogen and oxygen atoms in total. The van der Waals surface area contributed by atoms with Gasteiger partial charge >= 0.3 is 5.97 Å². The summed E-state index contributed by atoms with van der Waals surface area (Å²) in [6, 6.07) is 0. The number of carbonyl (C=O) groups is 2. The molecule has 0 spiro atoms. The lowest BCUT2D eigenvalue weighted by Gasteiger charge is -2.12. The Hall–Kier alpha value is -1.40. The van der Waals surface area contributed by atoms with Gasteiger partial charge in [0.1, 0.15) is 5.00 Å². The summed E-state index contributed by atoms with van der Waals surface area (Å²) in [5, 5.41) is 3.40.